The fourth-order valence-corrected chi connectivity index (χ4v) is 4.91. The SMILES string of the molecule is C=CCCCCc1ccc(C=C)cc1.C=CN.CCc1ccc(CNC)cc1.[B]C1(C)CNCCNCC(C)(CNN)CNCCNC1. The highest BCUT2D eigenvalue weighted by molar-refractivity contribution is 6.15. The van der Waals surface area contributed by atoms with Crippen LogP contribution in [0.15, 0.2) is 80.5 Å². The predicted molar refractivity (Wildman–Crippen MR) is 213 cm³/mol. The van der Waals surface area contributed by atoms with Crippen molar-refractivity contribution in [1.29, 1.82) is 0 Å². The van der Waals surface area contributed by atoms with Crippen LogP contribution in [0.4, 0.5) is 0 Å². The highest BCUT2D eigenvalue weighted by Crippen LogP contribution is 2.16. The summed E-state index contributed by atoms with van der Waals surface area (Å²) in [7, 11) is 8.19. The summed E-state index contributed by atoms with van der Waals surface area (Å²) in [5.74, 6) is 5.49. The van der Waals surface area contributed by atoms with Crippen LogP contribution in [0.2, 0.25) is 5.31 Å². The Bertz CT molecular complexity index is 1040. The van der Waals surface area contributed by atoms with E-state index < -0.39 is 0 Å². The lowest BCUT2D eigenvalue weighted by Crippen LogP contribution is -2.50. The number of nitrogens with two attached hydrogens (primary N) is 2. The van der Waals surface area contributed by atoms with Gasteiger partial charge in [0.2, 0.25) is 0 Å². The van der Waals surface area contributed by atoms with Crippen molar-refractivity contribution in [3.8, 4) is 0 Å². The zero-order valence-corrected chi connectivity index (χ0v) is 30.8. The van der Waals surface area contributed by atoms with Crippen molar-refractivity contribution in [3.63, 3.8) is 0 Å². The van der Waals surface area contributed by atoms with Gasteiger partial charge >= 0.3 is 0 Å². The van der Waals surface area contributed by atoms with E-state index in [-0.39, 0.29) is 10.7 Å². The molecule has 268 valence electrons. The molecule has 0 bridgehead atoms. The van der Waals surface area contributed by atoms with Gasteiger partial charge < -0.3 is 32.3 Å². The van der Waals surface area contributed by atoms with Crippen LogP contribution in [0.25, 0.3) is 6.08 Å². The third kappa shape index (κ3) is 24.4. The van der Waals surface area contributed by atoms with Crippen LogP contribution >= 0.6 is 0 Å². The largest absolute Gasteiger partial charge is 0.405 e. The second-order valence-corrected chi connectivity index (χ2v) is 13.0. The summed E-state index contributed by atoms with van der Waals surface area (Å²) in [4.78, 5) is 0. The standard InChI is InChI=1S/C14H18.C13H31BN6.C10H15N.C2H5N/c1-3-5-6-7-8-14-11-9-13(4-2)10-12-14;1-12(9-20-15)7-16-3-5-18-10-13(2,14)11-19-6-4-17-8-12;1-3-9-4-6-10(7-5-9)8-11-2;1-2-3/h3-4,9-12H,1-2,5-8H2;16-20H,3-11,15H2,1-2H3;4-7,11H,3,8H2,1-2H3;2H,1,3H2. The van der Waals surface area contributed by atoms with E-state index in [1.165, 1.54) is 47.7 Å². The Morgan fingerprint density at radius 3 is 1.71 bits per heavy atom. The molecule has 0 amide bonds. The molecule has 3 rings (SSSR count). The summed E-state index contributed by atoms with van der Waals surface area (Å²) >= 11 is 0. The average Bonchev–Trinajstić information content (AvgIpc) is 3.08. The lowest BCUT2D eigenvalue weighted by atomic mass is 9.70. The molecule has 1 saturated heterocycles. The fraction of sp³-hybridized carbons (Fsp3) is 0.538. The van der Waals surface area contributed by atoms with E-state index in [4.69, 9.17) is 13.7 Å². The summed E-state index contributed by atoms with van der Waals surface area (Å²) in [6, 6.07) is 17.3. The molecule has 1 aliphatic heterocycles. The Balaban J connectivity index is 0.000000690. The molecule has 2 aromatic carbocycles. The van der Waals surface area contributed by atoms with Gasteiger partial charge in [0.05, 0.1) is 7.85 Å². The van der Waals surface area contributed by atoms with Crippen LogP contribution in [0.1, 0.15) is 62.3 Å². The molecule has 2 aromatic rings. The van der Waals surface area contributed by atoms with E-state index in [9.17, 15) is 0 Å². The molecule has 0 saturated carbocycles. The summed E-state index contributed by atoms with van der Waals surface area (Å²) in [5.41, 5.74) is 12.9. The zero-order chi connectivity index (χ0) is 35.9. The second kappa shape index (κ2) is 29.2. The third-order valence-electron chi connectivity index (χ3n) is 7.80. The molecule has 0 unspecified atom stereocenters. The topological polar surface area (TPSA) is 124 Å². The molecule has 10 N–H and O–H groups in total. The van der Waals surface area contributed by atoms with Gasteiger partial charge in [0, 0.05) is 57.8 Å². The van der Waals surface area contributed by atoms with Crippen molar-refractivity contribution >= 4 is 13.9 Å². The number of benzene rings is 2. The van der Waals surface area contributed by atoms with E-state index in [1.807, 2.05) is 19.2 Å². The van der Waals surface area contributed by atoms with Crippen LogP contribution in [0.3, 0.4) is 0 Å². The molecule has 48 heavy (non-hydrogen) atoms. The van der Waals surface area contributed by atoms with Crippen LogP contribution in [-0.2, 0) is 19.4 Å². The molecular weight excluding hydrogens is 591 g/mol. The smallest absolute Gasteiger partial charge is 0.0777 e. The van der Waals surface area contributed by atoms with Crippen molar-refractivity contribution in [2.75, 3.05) is 66.0 Å². The Morgan fingerprint density at radius 1 is 0.792 bits per heavy atom. The predicted octanol–water partition coefficient (Wildman–Crippen LogP) is 4.46. The first kappa shape index (κ1) is 45.2. The molecule has 0 aliphatic carbocycles. The first-order valence-electron chi connectivity index (χ1n) is 17.5. The molecule has 0 atom stereocenters. The second-order valence-electron chi connectivity index (χ2n) is 13.0. The van der Waals surface area contributed by atoms with Crippen LogP contribution in [-0.4, -0.2) is 73.8 Å². The zero-order valence-electron chi connectivity index (χ0n) is 30.8. The Labute approximate surface area is 295 Å². The number of hydrazine groups is 1. The molecule has 9 heteroatoms. The van der Waals surface area contributed by atoms with Gasteiger partial charge in [-0.05, 0) is 86.0 Å². The molecule has 1 fully saturated rings. The summed E-state index contributed by atoms with van der Waals surface area (Å²) in [6.07, 6.45) is 11.0. The van der Waals surface area contributed by atoms with Gasteiger partial charge in [-0.25, -0.2) is 0 Å². The van der Waals surface area contributed by atoms with Gasteiger partial charge in [-0.1, -0.05) is 94.6 Å². The quantitative estimate of drug-likeness (QED) is 0.0585. The lowest BCUT2D eigenvalue weighted by molar-refractivity contribution is 0.274. The van der Waals surface area contributed by atoms with Crippen molar-refractivity contribution < 1.29 is 0 Å². The summed E-state index contributed by atoms with van der Waals surface area (Å²) in [5, 5.41) is 16.7. The van der Waals surface area contributed by atoms with Crippen molar-refractivity contribution in [2.24, 2.45) is 17.0 Å². The van der Waals surface area contributed by atoms with Gasteiger partial charge in [0.15, 0.2) is 0 Å². The number of aryl methyl sites for hydroxylation is 2. The number of rotatable bonds is 11. The third-order valence-corrected chi connectivity index (χ3v) is 7.80. The molecule has 1 aliphatic rings. The van der Waals surface area contributed by atoms with Crippen LogP contribution in [0.5, 0.6) is 0 Å². The van der Waals surface area contributed by atoms with Gasteiger partial charge in [-0.15, -0.1) is 6.58 Å². The van der Waals surface area contributed by atoms with Crippen LogP contribution in [0, 0.1) is 5.41 Å². The summed E-state index contributed by atoms with van der Waals surface area (Å²) in [6.45, 7) is 26.0. The van der Waals surface area contributed by atoms with Gasteiger partial charge in [0.1, 0.15) is 0 Å². The highest BCUT2D eigenvalue weighted by atomic mass is 15.2. The lowest BCUT2D eigenvalue weighted by Gasteiger charge is -2.31. The monoisotopic (exact) mass is 661 g/mol. The molecule has 0 spiro atoms. The number of hydrogen-bond donors (Lipinski definition) is 8. The van der Waals surface area contributed by atoms with Crippen LogP contribution < -0.4 is 43.6 Å². The minimum Gasteiger partial charge on any atom is -0.405 e. The first-order valence-corrected chi connectivity index (χ1v) is 17.5. The highest BCUT2D eigenvalue weighted by Gasteiger charge is 2.23. The van der Waals surface area contributed by atoms with Gasteiger partial charge in [0.25, 0.3) is 0 Å². The molecule has 8 nitrogen and oxygen atoms in total. The maximum Gasteiger partial charge on any atom is 0.0777 e. The molecule has 2 radical (unpaired) electrons. The average molecular weight is 661 g/mol. The first-order chi connectivity index (χ1) is 23.1. The number of nitrogens with one attached hydrogen (secondary N) is 6. The maximum absolute atomic E-state index is 6.22. The Morgan fingerprint density at radius 2 is 1.27 bits per heavy atom. The maximum atomic E-state index is 6.22. The number of unbranched alkanes of at least 4 members (excludes halogenated alkanes) is 2. The van der Waals surface area contributed by atoms with Gasteiger partial charge in [-0.3, -0.25) is 11.3 Å². The molecule has 1 heterocycles. The van der Waals surface area contributed by atoms with E-state index >= 15 is 0 Å². The normalized spacial score (nSPS) is 20.1. The number of allylic oxidation sites excluding steroid dienone is 1. The van der Waals surface area contributed by atoms with E-state index in [0.717, 1.165) is 78.3 Å². The molecule has 0 aromatic heterocycles. The summed E-state index contributed by atoms with van der Waals surface area (Å²) < 4.78 is 0. The minimum atomic E-state index is -0.206. The fourth-order valence-electron chi connectivity index (χ4n) is 4.91. The molecular formula is C39H69BN8. The van der Waals surface area contributed by atoms with Crippen molar-refractivity contribution in [1.82, 2.24) is 32.0 Å². The van der Waals surface area contributed by atoms with Gasteiger partial charge in [-0.2, -0.15) is 0 Å². The van der Waals surface area contributed by atoms with E-state index in [2.05, 4.69) is 127 Å². The van der Waals surface area contributed by atoms with Crippen molar-refractivity contribution in [2.45, 2.75) is 64.7 Å². The van der Waals surface area contributed by atoms with E-state index in [1.54, 1.807) is 0 Å². The number of hydrogen-bond acceptors (Lipinski definition) is 8. The Hall–Kier alpha value is -2.76. The Kier molecular flexibility index (Phi) is 27.5. The minimum absolute atomic E-state index is 0.112. The van der Waals surface area contributed by atoms with E-state index in [0.29, 0.717) is 0 Å². The van der Waals surface area contributed by atoms with Crippen molar-refractivity contribution in [3.05, 3.63) is 103 Å².